The summed E-state index contributed by atoms with van der Waals surface area (Å²) in [4.78, 5) is 17.2. The second-order valence-corrected chi connectivity index (χ2v) is 3.32. The van der Waals surface area contributed by atoms with Crippen molar-refractivity contribution >= 4 is 32.8 Å². The highest BCUT2D eigenvalue weighted by molar-refractivity contribution is 7.21. The van der Waals surface area contributed by atoms with Gasteiger partial charge in [-0.1, -0.05) is 11.3 Å². The van der Waals surface area contributed by atoms with Crippen LogP contribution in [-0.4, -0.2) is 11.1 Å². The lowest BCUT2D eigenvalue weighted by Crippen LogP contribution is -1.70. The lowest BCUT2D eigenvalue weighted by molar-refractivity contribution is 0.565. The van der Waals surface area contributed by atoms with E-state index in [1.807, 2.05) is 0 Å². The Bertz CT molecular complexity index is 502. The Labute approximate surface area is 76.6 Å². The number of fused-ring (bicyclic) bond motifs is 1. The van der Waals surface area contributed by atoms with Crippen LogP contribution in [0.2, 0.25) is 0 Å². The van der Waals surface area contributed by atoms with Crippen LogP contribution in [0.15, 0.2) is 23.2 Å². The van der Waals surface area contributed by atoms with Crippen LogP contribution in [0.5, 0.6) is 0 Å². The molecule has 0 N–H and O–H groups in total. The predicted octanol–water partition coefficient (Wildman–Crippen LogP) is 2.40. The van der Waals surface area contributed by atoms with E-state index in [9.17, 15) is 9.18 Å². The molecule has 5 heteroatoms. The summed E-state index contributed by atoms with van der Waals surface area (Å²) in [6.07, 6.45) is 1.39. The van der Waals surface area contributed by atoms with Crippen molar-refractivity contribution in [3.8, 4) is 0 Å². The maximum Gasteiger partial charge on any atom is 0.242 e. The molecular weight excluding hydrogens is 191 g/mol. The zero-order valence-corrected chi connectivity index (χ0v) is 7.14. The van der Waals surface area contributed by atoms with Gasteiger partial charge in [-0.2, -0.15) is 0 Å². The van der Waals surface area contributed by atoms with Gasteiger partial charge in [0.1, 0.15) is 5.82 Å². The van der Waals surface area contributed by atoms with E-state index in [-0.39, 0.29) is 5.82 Å². The summed E-state index contributed by atoms with van der Waals surface area (Å²) in [5.41, 5.74) is 0.639. The molecule has 13 heavy (non-hydrogen) atoms. The lowest BCUT2D eigenvalue weighted by Gasteiger charge is -1.85. The molecule has 3 nitrogen and oxygen atoms in total. The van der Waals surface area contributed by atoms with Crippen molar-refractivity contribution in [2.75, 3.05) is 0 Å². The molecular formula is C8H3FN2OS. The molecule has 0 aliphatic rings. The van der Waals surface area contributed by atoms with E-state index < -0.39 is 0 Å². The average molecular weight is 194 g/mol. The van der Waals surface area contributed by atoms with Crippen molar-refractivity contribution in [1.82, 2.24) is 4.98 Å². The minimum atomic E-state index is -0.321. The van der Waals surface area contributed by atoms with Crippen LogP contribution in [0.1, 0.15) is 0 Å². The van der Waals surface area contributed by atoms with Crippen molar-refractivity contribution in [2.45, 2.75) is 0 Å². The van der Waals surface area contributed by atoms with Crippen molar-refractivity contribution < 1.29 is 9.18 Å². The van der Waals surface area contributed by atoms with Crippen LogP contribution in [-0.2, 0) is 4.79 Å². The standard InChI is InChI=1S/C8H3FN2OS/c9-5-1-2-6-7(3-5)13-8(11-6)10-4-12/h1-3H. The molecule has 0 saturated heterocycles. The Morgan fingerprint density at radius 3 is 3.15 bits per heavy atom. The maximum atomic E-state index is 12.7. The first kappa shape index (κ1) is 8.04. The first-order valence-electron chi connectivity index (χ1n) is 3.43. The van der Waals surface area contributed by atoms with Crippen molar-refractivity contribution in [2.24, 2.45) is 4.99 Å². The summed E-state index contributed by atoms with van der Waals surface area (Å²) < 4.78 is 13.4. The fourth-order valence-corrected chi connectivity index (χ4v) is 1.79. The Morgan fingerprint density at radius 1 is 1.54 bits per heavy atom. The molecule has 1 aromatic carbocycles. The molecule has 2 aromatic rings. The molecule has 2 rings (SSSR count). The van der Waals surface area contributed by atoms with Gasteiger partial charge in [-0.25, -0.2) is 14.2 Å². The summed E-state index contributed by atoms with van der Waals surface area (Å²) in [7, 11) is 0. The van der Waals surface area contributed by atoms with E-state index in [4.69, 9.17) is 0 Å². The Balaban J connectivity index is 2.68. The Morgan fingerprint density at radius 2 is 2.38 bits per heavy atom. The topological polar surface area (TPSA) is 42.3 Å². The predicted molar refractivity (Wildman–Crippen MR) is 47.4 cm³/mol. The number of rotatable bonds is 1. The first-order chi connectivity index (χ1) is 6.29. The third-order valence-corrected chi connectivity index (χ3v) is 2.39. The van der Waals surface area contributed by atoms with Crippen molar-refractivity contribution in [3.63, 3.8) is 0 Å². The summed E-state index contributed by atoms with van der Waals surface area (Å²) in [5, 5.41) is 0.301. The molecule has 64 valence electrons. The van der Waals surface area contributed by atoms with Gasteiger partial charge >= 0.3 is 0 Å². The fraction of sp³-hybridized carbons (Fsp3) is 0. The number of aliphatic imine (C=N–C) groups is 1. The summed E-state index contributed by atoms with van der Waals surface area (Å²) >= 11 is 1.16. The minimum Gasteiger partial charge on any atom is -0.218 e. The molecule has 0 aliphatic carbocycles. The second kappa shape index (κ2) is 3.05. The summed E-state index contributed by atoms with van der Waals surface area (Å²) in [5.74, 6) is -0.321. The minimum absolute atomic E-state index is 0.301. The maximum absolute atomic E-state index is 12.7. The van der Waals surface area contributed by atoms with Crippen LogP contribution < -0.4 is 0 Å². The Kier molecular flexibility index (Phi) is 1.88. The van der Waals surface area contributed by atoms with Gasteiger partial charge in [0.05, 0.1) is 10.2 Å². The van der Waals surface area contributed by atoms with Gasteiger partial charge in [0.2, 0.25) is 11.2 Å². The van der Waals surface area contributed by atoms with Gasteiger partial charge in [0.15, 0.2) is 0 Å². The highest BCUT2D eigenvalue weighted by atomic mass is 32.1. The molecule has 0 fully saturated rings. The molecule has 0 unspecified atom stereocenters. The molecule has 0 bridgehead atoms. The van der Waals surface area contributed by atoms with Crippen molar-refractivity contribution in [3.05, 3.63) is 24.0 Å². The molecule has 1 aromatic heterocycles. The van der Waals surface area contributed by atoms with Gasteiger partial charge in [-0.15, -0.1) is 4.99 Å². The Hall–Kier alpha value is -1.58. The number of benzene rings is 1. The third-order valence-electron chi connectivity index (χ3n) is 1.48. The zero-order valence-electron chi connectivity index (χ0n) is 6.32. The zero-order chi connectivity index (χ0) is 9.26. The molecule has 0 radical (unpaired) electrons. The van der Waals surface area contributed by atoms with Crippen LogP contribution >= 0.6 is 11.3 Å². The second-order valence-electron chi connectivity index (χ2n) is 2.31. The number of carbonyl (C=O) groups excluding carboxylic acids is 1. The molecule has 0 aliphatic heterocycles. The quantitative estimate of drug-likeness (QED) is 0.516. The van der Waals surface area contributed by atoms with E-state index >= 15 is 0 Å². The third kappa shape index (κ3) is 1.47. The number of hydrogen-bond donors (Lipinski definition) is 0. The van der Waals surface area contributed by atoms with E-state index in [0.717, 1.165) is 11.3 Å². The van der Waals surface area contributed by atoms with Crippen LogP contribution in [0.3, 0.4) is 0 Å². The molecule has 0 spiro atoms. The molecule has 1 heterocycles. The molecule has 0 atom stereocenters. The number of hydrogen-bond acceptors (Lipinski definition) is 4. The van der Waals surface area contributed by atoms with Gasteiger partial charge < -0.3 is 0 Å². The van der Waals surface area contributed by atoms with Crippen LogP contribution in [0.25, 0.3) is 10.2 Å². The number of thiazole rings is 1. The number of halogens is 1. The SMILES string of the molecule is O=C=Nc1nc2ccc(F)cc2s1. The van der Waals surface area contributed by atoms with Crippen molar-refractivity contribution in [1.29, 1.82) is 0 Å². The van der Waals surface area contributed by atoms with Gasteiger partial charge in [0, 0.05) is 0 Å². The van der Waals surface area contributed by atoms with E-state index in [2.05, 4.69) is 9.98 Å². The number of isocyanates is 1. The summed E-state index contributed by atoms with van der Waals surface area (Å²) in [6, 6.07) is 4.22. The normalized spacial score (nSPS) is 9.92. The average Bonchev–Trinajstić information content (AvgIpc) is 2.46. The monoisotopic (exact) mass is 194 g/mol. The summed E-state index contributed by atoms with van der Waals surface area (Å²) in [6.45, 7) is 0. The number of aromatic nitrogens is 1. The first-order valence-corrected chi connectivity index (χ1v) is 4.25. The lowest BCUT2D eigenvalue weighted by atomic mass is 10.3. The van der Waals surface area contributed by atoms with Crippen LogP contribution in [0, 0.1) is 5.82 Å². The molecule has 0 amide bonds. The van der Waals surface area contributed by atoms with E-state index in [1.54, 1.807) is 6.07 Å². The van der Waals surface area contributed by atoms with Crippen LogP contribution in [0.4, 0.5) is 9.52 Å². The van der Waals surface area contributed by atoms with E-state index in [1.165, 1.54) is 18.2 Å². The van der Waals surface area contributed by atoms with Gasteiger partial charge in [0.25, 0.3) is 0 Å². The largest absolute Gasteiger partial charge is 0.242 e. The number of nitrogens with zero attached hydrogens (tertiary/aromatic N) is 2. The van der Waals surface area contributed by atoms with Gasteiger partial charge in [-0.3, -0.25) is 0 Å². The van der Waals surface area contributed by atoms with E-state index in [0.29, 0.717) is 15.3 Å². The molecule has 0 saturated carbocycles. The van der Waals surface area contributed by atoms with Gasteiger partial charge in [-0.05, 0) is 18.2 Å². The smallest absolute Gasteiger partial charge is 0.218 e. The highest BCUT2D eigenvalue weighted by Crippen LogP contribution is 2.27. The highest BCUT2D eigenvalue weighted by Gasteiger charge is 2.02. The fourth-order valence-electron chi connectivity index (χ4n) is 0.973.